The molecular formula is C23H28O7. The van der Waals surface area contributed by atoms with E-state index in [0.29, 0.717) is 12.0 Å². The molecule has 0 aliphatic carbocycles. The van der Waals surface area contributed by atoms with E-state index >= 15 is 0 Å². The Morgan fingerprint density at radius 1 is 1.00 bits per heavy atom. The van der Waals surface area contributed by atoms with Gasteiger partial charge in [-0.15, -0.1) is 0 Å². The number of aliphatic hydroxyl groups is 4. The lowest BCUT2D eigenvalue weighted by molar-refractivity contribution is -0.232. The molecule has 1 unspecified atom stereocenters. The Labute approximate surface area is 175 Å². The first-order valence-electron chi connectivity index (χ1n) is 10.2. The van der Waals surface area contributed by atoms with Crippen LogP contribution < -0.4 is 4.74 Å². The SMILES string of the molecule is Cc1ccc2c(c1C)CC(Cc1ccc(O)c([C@@H]3O[C@H](CO)[C@@H](O)[C@H](O)[C@H]3O)c1)O2. The summed E-state index contributed by atoms with van der Waals surface area (Å²) in [4.78, 5) is 0. The van der Waals surface area contributed by atoms with E-state index in [1.165, 1.54) is 22.8 Å². The molecule has 2 aliphatic rings. The number of aryl methyl sites for hydroxylation is 1. The maximum atomic E-state index is 10.4. The molecule has 7 heteroatoms. The molecule has 4 rings (SSSR count). The summed E-state index contributed by atoms with van der Waals surface area (Å²) in [5.74, 6) is 0.807. The van der Waals surface area contributed by atoms with Crippen LogP contribution in [0.1, 0.15) is 33.9 Å². The zero-order chi connectivity index (χ0) is 21.6. The first-order chi connectivity index (χ1) is 14.3. The van der Waals surface area contributed by atoms with Gasteiger partial charge in [-0.05, 0) is 48.7 Å². The highest BCUT2D eigenvalue weighted by atomic mass is 16.5. The van der Waals surface area contributed by atoms with Crippen LogP contribution in [0.3, 0.4) is 0 Å². The van der Waals surface area contributed by atoms with Crippen molar-refractivity contribution in [2.75, 3.05) is 6.61 Å². The number of ether oxygens (including phenoxy) is 2. The highest BCUT2D eigenvalue weighted by Gasteiger charge is 2.44. The zero-order valence-electron chi connectivity index (χ0n) is 17.0. The lowest BCUT2D eigenvalue weighted by Crippen LogP contribution is -2.55. The van der Waals surface area contributed by atoms with Gasteiger partial charge in [0.25, 0.3) is 0 Å². The van der Waals surface area contributed by atoms with Gasteiger partial charge < -0.3 is 35.0 Å². The Balaban J connectivity index is 1.55. The molecule has 2 aromatic rings. The van der Waals surface area contributed by atoms with Gasteiger partial charge in [0.05, 0.1) is 6.61 Å². The molecule has 0 amide bonds. The Morgan fingerprint density at radius 2 is 1.77 bits per heavy atom. The lowest BCUT2D eigenvalue weighted by Gasteiger charge is -2.40. The molecule has 162 valence electrons. The fourth-order valence-electron chi connectivity index (χ4n) is 4.36. The second-order valence-electron chi connectivity index (χ2n) is 8.27. The topological polar surface area (TPSA) is 120 Å². The standard InChI is InChI=1S/C23H28O7/c1-11-3-6-18-15(12(11)2)9-14(29-18)7-13-4-5-17(25)16(8-13)23-22(28)21(27)20(26)19(10-24)30-23/h3-6,8,14,19-28H,7,9-10H2,1-2H3/t14?,19-,20-,21+,22-,23+/m1/s1. The van der Waals surface area contributed by atoms with E-state index in [0.717, 1.165) is 17.7 Å². The number of hydrogen-bond acceptors (Lipinski definition) is 7. The van der Waals surface area contributed by atoms with Crippen LogP contribution in [0, 0.1) is 13.8 Å². The second-order valence-corrected chi connectivity index (χ2v) is 8.27. The normalized spacial score (nSPS) is 30.7. The average molecular weight is 416 g/mol. The van der Waals surface area contributed by atoms with Crippen LogP contribution in [-0.2, 0) is 17.6 Å². The highest BCUT2D eigenvalue weighted by molar-refractivity contribution is 5.47. The largest absolute Gasteiger partial charge is 0.508 e. The number of phenols is 1. The van der Waals surface area contributed by atoms with Crippen LogP contribution >= 0.6 is 0 Å². The van der Waals surface area contributed by atoms with Crippen LogP contribution in [0.25, 0.3) is 0 Å². The summed E-state index contributed by atoms with van der Waals surface area (Å²) in [6.07, 6.45) is -5.15. The quantitative estimate of drug-likeness (QED) is 0.506. The molecule has 0 spiro atoms. The Hall–Kier alpha value is -2.16. The fourth-order valence-corrected chi connectivity index (χ4v) is 4.36. The van der Waals surface area contributed by atoms with Crippen LogP contribution in [0.15, 0.2) is 30.3 Å². The minimum atomic E-state index is -1.50. The van der Waals surface area contributed by atoms with Gasteiger partial charge in [-0.2, -0.15) is 0 Å². The molecule has 0 bridgehead atoms. The minimum absolute atomic E-state index is 0.0484. The highest BCUT2D eigenvalue weighted by Crippen LogP contribution is 2.38. The number of aromatic hydroxyl groups is 1. The summed E-state index contributed by atoms with van der Waals surface area (Å²) in [6, 6.07) is 9.06. The third-order valence-corrected chi connectivity index (χ3v) is 6.31. The van der Waals surface area contributed by atoms with Crippen LogP contribution in [0.4, 0.5) is 0 Å². The summed E-state index contributed by atoms with van der Waals surface area (Å²) in [5.41, 5.74) is 4.86. The van der Waals surface area contributed by atoms with E-state index in [1.807, 2.05) is 12.1 Å². The third kappa shape index (κ3) is 3.68. The van der Waals surface area contributed by atoms with E-state index in [9.17, 15) is 25.5 Å². The summed E-state index contributed by atoms with van der Waals surface area (Å²) in [6.45, 7) is 3.65. The predicted molar refractivity (Wildman–Crippen MR) is 109 cm³/mol. The Morgan fingerprint density at radius 3 is 2.50 bits per heavy atom. The van der Waals surface area contributed by atoms with Gasteiger partial charge in [-0.25, -0.2) is 0 Å². The molecule has 2 aromatic carbocycles. The van der Waals surface area contributed by atoms with Gasteiger partial charge in [0.2, 0.25) is 0 Å². The molecule has 30 heavy (non-hydrogen) atoms. The van der Waals surface area contributed by atoms with Crippen molar-refractivity contribution in [1.29, 1.82) is 0 Å². The van der Waals surface area contributed by atoms with Gasteiger partial charge in [0.1, 0.15) is 48.1 Å². The zero-order valence-corrected chi connectivity index (χ0v) is 17.0. The summed E-state index contributed by atoms with van der Waals surface area (Å²) in [5, 5.41) is 50.2. The number of fused-ring (bicyclic) bond motifs is 1. The van der Waals surface area contributed by atoms with Crippen molar-refractivity contribution in [2.24, 2.45) is 0 Å². The minimum Gasteiger partial charge on any atom is -0.508 e. The van der Waals surface area contributed by atoms with E-state index in [2.05, 4.69) is 13.8 Å². The second kappa shape index (κ2) is 8.17. The molecule has 1 saturated heterocycles. The van der Waals surface area contributed by atoms with Crippen LogP contribution in [-0.4, -0.2) is 62.7 Å². The van der Waals surface area contributed by atoms with Crippen molar-refractivity contribution in [1.82, 2.24) is 0 Å². The average Bonchev–Trinajstić information content (AvgIpc) is 3.14. The first-order valence-corrected chi connectivity index (χ1v) is 10.2. The molecule has 2 aliphatic heterocycles. The van der Waals surface area contributed by atoms with E-state index in [1.54, 1.807) is 12.1 Å². The van der Waals surface area contributed by atoms with E-state index < -0.39 is 37.1 Å². The Bertz CT molecular complexity index is 926. The van der Waals surface area contributed by atoms with E-state index in [4.69, 9.17) is 9.47 Å². The number of aliphatic hydroxyl groups excluding tert-OH is 4. The molecule has 0 aromatic heterocycles. The third-order valence-electron chi connectivity index (χ3n) is 6.31. The van der Waals surface area contributed by atoms with Gasteiger partial charge in [-0.3, -0.25) is 0 Å². The van der Waals surface area contributed by atoms with E-state index in [-0.39, 0.29) is 11.9 Å². The van der Waals surface area contributed by atoms with Crippen molar-refractivity contribution in [3.8, 4) is 11.5 Å². The van der Waals surface area contributed by atoms with Crippen molar-refractivity contribution in [3.05, 3.63) is 58.1 Å². The van der Waals surface area contributed by atoms with Crippen molar-refractivity contribution < 1.29 is 35.0 Å². The summed E-state index contributed by atoms with van der Waals surface area (Å²) >= 11 is 0. The smallest absolute Gasteiger partial charge is 0.123 e. The van der Waals surface area contributed by atoms with Crippen molar-refractivity contribution in [3.63, 3.8) is 0 Å². The molecule has 5 N–H and O–H groups in total. The number of phenolic OH excluding ortho intramolecular Hbond substituents is 1. The maximum absolute atomic E-state index is 10.4. The molecule has 6 atom stereocenters. The molecule has 1 fully saturated rings. The van der Waals surface area contributed by atoms with Gasteiger partial charge in [0.15, 0.2) is 0 Å². The summed E-state index contributed by atoms with van der Waals surface area (Å²) < 4.78 is 11.7. The lowest BCUT2D eigenvalue weighted by atomic mass is 9.89. The Kier molecular flexibility index (Phi) is 5.74. The van der Waals surface area contributed by atoms with Crippen LogP contribution in [0.2, 0.25) is 0 Å². The van der Waals surface area contributed by atoms with Gasteiger partial charge >= 0.3 is 0 Å². The molecule has 2 heterocycles. The number of rotatable bonds is 4. The molecule has 0 saturated carbocycles. The van der Waals surface area contributed by atoms with Gasteiger partial charge in [-0.1, -0.05) is 12.1 Å². The molecule has 0 radical (unpaired) electrons. The predicted octanol–water partition coefficient (Wildman–Crippen LogP) is 1.07. The first kappa shape index (κ1) is 21.1. The summed E-state index contributed by atoms with van der Waals surface area (Å²) in [7, 11) is 0. The fraction of sp³-hybridized carbons (Fsp3) is 0.478. The van der Waals surface area contributed by atoms with Crippen molar-refractivity contribution >= 4 is 0 Å². The number of hydrogen-bond donors (Lipinski definition) is 5. The number of benzene rings is 2. The monoisotopic (exact) mass is 416 g/mol. The maximum Gasteiger partial charge on any atom is 0.123 e. The van der Waals surface area contributed by atoms with Crippen LogP contribution in [0.5, 0.6) is 11.5 Å². The van der Waals surface area contributed by atoms with Gasteiger partial charge in [0, 0.05) is 24.0 Å². The molecule has 7 nitrogen and oxygen atoms in total. The van der Waals surface area contributed by atoms with Crippen molar-refractivity contribution in [2.45, 2.75) is 63.3 Å². The molecular weight excluding hydrogens is 388 g/mol.